The van der Waals surface area contributed by atoms with Crippen molar-refractivity contribution in [3.8, 4) is 17.3 Å². The molecule has 2 aromatic rings. The normalized spacial score (nSPS) is 21.9. The van der Waals surface area contributed by atoms with Gasteiger partial charge in [-0.25, -0.2) is 4.79 Å². The SMILES string of the molecule is CC(=O)N[C@@H]1[C@@H](OC(C)=O)[C@@H](OC(C)=O)[C@@H](COC(C)=O)O[C@H]1n1c(-c2ccc(C)cc2)c(C#N)c(=O)[nH]c1=O. The van der Waals surface area contributed by atoms with Crippen LogP contribution < -0.4 is 16.6 Å². The first-order chi connectivity index (χ1) is 18.8. The largest absolute Gasteiger partial charge is 0.463 e. The van der Waals surface area contributed by atoms with Gasteiger partial charge in [0.25, 0.3) is 5.56 Å². The second kappa shape index (κ2) is 12.4. The Labute approximate surface area is 227 Å². The predicted octanol–water partition coefficient (Wildman–Crippen LogP) is 0.212. The molecule has 14 nitrogen and oxygen atoms in total. The Balaban J connectivity index is 2.36. The minimum Gasteiger partial charge on any atom is -0.463 e. The van der Waals surface area contributed by atoms with Gasteiger partial charge in [0.15, 0.2) is 18.4 Å². The summed E-state index contributed by atoms with van der Waals surface area (Å²) in [6.07, 6.45) is -5.74. The number of ether oxygens (including phenoxy) is 4. The van der Waals surface area contributed by atoms with E-state index in [0.29, 0.717) is 5.56 Å². The van der Waals surface area contributed by atoms with Crippen LogP contribution in [-0.4, -0.2) is 64.3 Å². The third-order valence-electron chi connectivity index (χ3n) is 5.93. The lowest BCUT2D eigenvalue weighted by Crippen LogP contribution is -2.65. The molecule has 0 spiro atoms. The van der Waals surface area contributed by atoms with Crippen molar-refractivity contribution < 1.29 is 38.1 Å². The van der Waals surface area contributed by atoms with Crippen molar-refractivity contribution in [2.75, 3.05) is 6.61 Å². The highest BCUT2D eigenvalue weighted by atomic mass is 16.6. The number of aryl methyl sites for hydroxylation is 1. The minimum atomic E-state index is -1.56. The van der Waals surface area contributed by atoms with E-state index in [1.165, 1.54) is 0 Å². The Morgan fingerprint density at radius 2 is 1.60 bits per heavy atom. The maximum Gasteiger partial charge on any atom is 0.331 e. The third-order valence-corrected chi connectivity index (χ3v) is 5.93. The van der Waals surface area contributed by atoms with Gasteiger partial charge in [0.05, 0.1) is 5.69 Å². The first-order valence-corrected chi connectivity index (χ1v) is 12.1. The Morgan fingerprint density at radius 3 is 2.12 bits per heavy atom. The number of H-pyrrole nitrogens is 1. The van der Waals surface area contributed by atoms with Crippen LogP contribution in [0, 0.1) is 18.3 Å². The quantitative estimate of drug-likeness (QED) is 0.349. The molecule has 5 atom stereocenters. The van der Waals surface area contributed by atoms with Gasteiger partial charge in [0.2, 0.25) is 5.91 Å². The topological polar surface area (TPSA) is 196 Å². The summed E-state index contributed by atoms with van der Waals surface area (Å²) in [5.74, 6) is -2.96. The van der Waals surface area contributed by atoms with Crippen LogP contribution in [-0.2, 0) is 38.1 Å². The molecule has 1 aromatic carbocycles. The second-order valence-electron chi connectivity index (χ2n) is 9.07. The molecule has 1 amide bonds. The first-order valence-electron chi connectivity index (χ1n) is 12.1. The molecular weight excluding hydrogens is 528 g/mol. The zero-order valence-corrected chi connectivity index (χ0v) is 22.4. The third kappa shape index (κ3) is 6.62. The summed E-state index contributed by atoms with van der Waals surface area (Å²) < 4.78 is 23.0. The van der Waals surface area contributed by atoms with E-state index in [0.717, 1.165) is 37.8 Å². The van der Waals surface area contributed by atoms with Crippen molar-refractivity contribution in [2.45, 2.75) is 65.2 Å². The van der Waals surface area contributed by atoms with Gasteiger partial charge in [-0.05, 0) is 12.5 Å². The van der Waals surface area contributed by atoms with Crippen LogP contribution in [0.3, 0.4) is 0 Å². The summed E-state index contributed by atoms with van der Waals surface area (Å²) in [6, 6.07) is 6.96. The molecule has 0 aliphatic carbocycles. The summed E-state index contributed by atoms with van der Waals surface area (Å²) in [5, 5.41) is 12.4. The molecule has 2 heterocycles. The molecule has 2 N–H and O–H groups in total. The zero-order valence-electron chi connectivity index (χ0n) is 22.4. The first kappa shape index (κ1) is 29.8. The van der Waals surface area contributed by atoms with Gasteiger partial charge in [-0.15, -0.1) is 0 Å². The monoisotopic (exact) mass is 556 g/mol. The molecular formula is C26H28N4O10. The van der Waals surface area contributed by atoms with Crippen molar-refractivity contribution >= 4 is 23.8 Å². The summed E-state index contributed by atoms with van der Waals surface area (Å²) in [6.45, 7) is 5.77. The smallest absolute Gasteiger partial charge is 0.331 e. The maximum absolute atomic E-state index is 13.4. The van der Waals surface area contributed by atoms with Gasteiger partial charge in [-0.1, -0.05) is 29.8 Å². The molecule has 1 aromatic heterocycles. The number of carbonyl (C=O) groups excluding carboxylic acids is 4. The van der Waals surface area contributed by atoms with E-state index in [9.17, 15) is 34.0 Å². The van der Waals surface area contributed by atoms with Gasteiger partial charge >= 0.3 is 23.6 Å². The summed E-state index contributed by atoms with van der Waals surface area (Å²) in [7, 11) is 0. The predicted molar refractivity (Wildman–Crippen MR) is 135 cm³/mol. The number of amides is 1. The Kier molecular flexibility index (Phi) is 9.23. The van der Waals surface area contributed by atoms with Crippen LogP contribution in [0.15, 0.2) is 33.9 Å². The molecule has 3 rings (SSSR count). The minimum absolute atomic E-state index is 0.143. The fourth-order valence-corrected chi connectivity index (χ4v) is 4.42. The number of nitriles is 1. The molecule has 0 bridgehead atoms. The van der Waals surface area contributed by atoms with Crippen molar-refractivity contribution in [1.82, 2.24) is 14.9 Å². The molecule has 14 heteroatoms. The number of rotatable bonds is 7. The molecule has 1 aliphatic heterocycles. The van der Waals surface area contributed by atoms with Gasteiger partial charge in [-0.2, -0.15) is 5.26 Å². The number of hydrogen-bond acceptors (Lipinski definition) is 11. The Bertz CT molecular complexity index is 1470. The second-order valence-corrected chi connectivity index (χ2v) is 9.07. The molecule has 40 heavy (non-hydrogen) atoms. The Morgan fingerprint density at radius 1 is 1.00 bits per heavy atom. The van der Waals surface area contributed by atoms with Gasteiger partial charge in [0, 0.05) is 27.7 Å². The number of carbonyl (C=O) groups is 4. The van der Waals surface area contributed by atoms with Crippen LogP contribution in [0.2, 0.25) is 0 Å². The number of aromatic nitrogens is 2. The van der Waals surface area contributed by atoms with E-state index < -0.39 is 77.8 Å². The fraction of sp³-hybridized carbons (Fsp3) is 0.423. The number of benzene rings is 1. The van der Waals surface area contributed by atoms with E-state index >= 15 is 0 Å². The zero-order chi connectivity index (χ0) is 29.7. The highest BCUT2D eigenvalue weighted by Crippen LogP contribution is 2.35. The van der Waals surface area contributed by atoms with Crippen LogP contribution in [0.4, 0.5) is 0 Å². The Hall–Kier alpha value is -4.77. The molecule has 1 aliphatic rings. The molecule has 212 valence electrons. The lowest BCUT2D eigenvalue weighted by Gasteiger charge is -2.46. The summed E-state index contributed by atoms with van der Waals surface area (Å²) in [4.78, 5) is 76.2. The fourth-order valence-electron chi connectivity index (χ4n) is 4.42. The number of nitrogens with one attached hydrogen (secondary N) is 2. The number of hydrogen-bond donors (Lipinski definition) is 2. The van der Waals surface area contributed by atoms with Crippen molar-refractivity contribution in [1.29, 1.82) is 5.26 Å². The van der Waals surface area contributed by atoms with E-state index in [1.807, 2.05) is 6.92 Å². The van der Waals surface area contributed by atoms with Gasteiger partial charge in [0.1, 0.15) is 30.4 Å². The lowest BCUT2D eigenvalue weighted by atomic mass is 9.94. The molecule has 0 unspecified atom stereocenters. The molecule has 1 saturated heterocycles. The van der Waals surface area contributed by atoms with Gasteiger partial charge in [-0.3, -0.25) is 33.5 Å². The van der Waals surface area contributed by atoms with Crippen molar-refractivity contribution in [3.05, 3.63) is 56.2 Å². The lowest BCUT2D eigenvalue weighted by molar-refractivity contribution is -0.237. The van der Waals surface area contributed by atoms with E-state index in [2.05, 4.69) is 10.3 Å². The van der Waals surface area contributed by atoms with Crippen LogP contribution >= 0.6 is 0 Å². The maximum atomic E-state index is 13.4. The number of esters is 3. The van der Waals surface area contributed by atoms with Crippen LogP contribution in [0.1, 0.15) is 45.0 Å². The number of aromatic amines is 1. The molecule has 0 saturated carbocycles. The van der Waals surface area contributed by atoms with Gasteiger partial charge < -0.3 is 24.3 Å². The van der Waals surface area contributed by atoms with E-state index in [-0.39, 0.29) is 5.69 Å². The standard InChI is InChI=1S/C26H28N4O10/c1-12-6-8-17(9-7-12)21-18(10-27)24(35)29-26(36)30(21)25-20(28-13(2)31)23(39-16(5)34)22(38-15(4)33)19(40-25)11-37-14(3)32/h6-9,19-20,22-23,25H,11H2,1-5H3,(H,28,31)(H,29,35,36)/t19-,20-,22+,23-,25-/m1/s1. The van der Waals surface area contributed by atoms with Crippen LogP contribution in [0.25, 0.3) is 11.3 Å². The summed E-state index contributed by atoms with van der Waals surface area (Å²) in [5.41, 5.74) is -1.41. The van der Waals surface area contributed by atoms with Crippen molar-refractivity contribution in [2.24, 2.45) is 0 Å². The average Bonchev–Trinajstić information content (AvgIpc) is 2.85. The average molecular weight is 557 g/mol. The molecule has 0 radical (unpaired) electrons. The van der Waals surface area contributed by atoms with E-state index in [4.69, 9.17) is 18.9 Å². The highest BCUT2D eigenvalue weighted by molar-refractivity contribution is 5.74. The van der Waals surface area contributed by atoms with Crippen LogP contribution in [0.5, 0.6) is 0 Å². The van der Waals surface area contributed by atoms with Crippen molar-refractivity contribution in [3.63, 3.8) is 0 Å². The summed E-state index contributed by atoms with van der Waals surface area (Å²) >= 11 is 0. The highest BCUT2D eigenvalue weighted by Gasteiger charge is 2.52. The van der Waals surface area contributed by atoms with E-state index in [1.54, 1.807) is 30.3 Å². The molecule has 1 fully saturated rings. The number of nitrogens with zero attached hydrogens (tertiary/aromatic N) is 2.